The van der Waals surface area contributed by atoms with E-state index in [1.165, 1.54) is 0 Å². The minimum absolute atomic E-state index is 0.218. The molecule has 0 bridgehead atoms. The van der Waals surface area contributed by atoms with Crippen LogP contribution in [0.25, 0.3) is 0 Å². The number of aldehydes is 1. The van der Waals surface area contributed by atoms with Gasteiger partial charge in [0, 0.05) is 6.61 Å². The summed E-state index contributed by atoms with van der Waals surface area (Å²) < 4.78 is 5.86. The normalized spacial score (nSPS) is 15.3. The first-order valence-electron chi connectivity index (χ1n) is 4.94. The predicted octanol–water partition coefficient (Wildman–Crippen LogP) is 3.20. The van der Waals surface area contributed by atoms with Crippen LogP contribution < -0.4 is 0 Å². The number of carbonyl (C=O) groups is 1. The smallest absolute Gasteiger partial charge is 0.191 e. The zero-order valence-electron chi connectivity index (χ0n) is 9.76. The summed E-state index contributed by atoms with van der Waals surface area (Å²) in [5.74, 6) is 0. The van der Waals surface area contributed by atoms with Crippen LogP contribution in [-0.2, 0) is 9.22 Å². The molecule has 0 aliphatic rings. The molecule has 0 saturated heterocycles. The monoisotopic (exact) mass is 236 g/mol. The maximum Gasteiger partial charge on any atom is 0.191 e. The van der Waals surface area contributed by atoms with Gasteiger partial charge in [0.2, 0.25) is 0 Å². The minimum atomic E-state index is -1.66. The van der Waals surface area contributed by atoms with Crippen LogP contribution in [0.3, 0.4) is 0 Å². The van der Waals surface area contributed by atoms with E-state index in [1.807, 2.05) is 0 Å². The predicted molar refractivity (Wildman–Crippen MR) is 63.5 cm³/mol. The maximum atomic E-state index is 10.3. The van der Waals surface area contributed by atoms with E-state index in [0.717, 1.165) is 6.29 Å². The minimum Gasteiger partial charge on any atom is -0.417 e. The standard InChI is InChI=1S/C10H21ClO2Si/c1-10(2,3)14(4,5)13-7-6-9(11)8-12/h8-9H,6-7H2,1-5H3. The molecule has 0 aliphatic carbocycles. The van der Waals surface area contributed by atoms with Crippen molar-refractivity contribution >= 4 is 26.2 Å². The molecule has 0 amide bonds. The summed E-state index contributed by atoms with van der Waals surface area (Å²) in [4.78, 5) is 10.3. The second kappa shape index (κ2) is 5.28. The highest BCUT2D eigenvalue weighted by Gasteiger charge is 2.36. The van der Waals surface area contributed by atoms with Crippen molar-refractivity contribution in [1.29, 1.82) is 0 Å². The van der Waals surface area contributed by atoms with Crippen molar-refractivity contribution < 1.29 is 9.22 Å². The summed E-state index contributed by atoms with van der Waals surface area (Å²) in [5, 5.41) is -0.185. The van der Waals surface area contributed by atoms with Crippen LogP contribution in [0, 0.1) is 0 Å². The fraction of sp³-hybridized carbons (Fsp3) is 0.900. The first-order valence-corrected chi connectivity index (χ1v) is 8.28. The molecule has 0 aromatic heterocycles. The second-order valence-corrected chi connectivity index (χ2v) is 10.4. The Hall–Kier alpha value is 0.137. The second-order valence-electron chi connectivity index (χ2n) is 5.05. The molecular weight excluding hydrogens is 216 g/mol. The topological polar surface area (TPSA) is 26.3 Å². The van der Waals surface area contributed by atoms with Crippen molar-refractivity contribution in [2.24, 2.45) is 0 Å². The largest absolute Gasteiger partial charge is 0.417 e. The summed E-state index contributed by atoms with van der Waals surface area (Å²) in [5.41, 5.74) is 0. The first-order chi connectivity index (χ1) is 6.20. The maximum absolute atomic E-state index is 10.3. The molecule has 0 rings (SSSR count). The van der Waals surface area contributed by atoms with Crippen LogP contribution >= 0.6 is 11.6 Å². The quantitative estimate of drug-likeness (QED) is 0.416. The molecule has 0 aromatic carbocycles. The summed E-state index contributed by atoms with van der Waals surface area (Å²) in [6, 6.07) is 0. The van der Waals surface area contributed by atoms with Crippen LogP contribution in [0.5, 0.6) is 0 Å². The summed E-state index contributed by atoms with van der Waals surface area (Å²) >= 11 is 5.68. The number of hydrogen-bond acceptors (Lipinski definition) is 2. The van der Waals surface area contributed by atoms with Crippen LogP contribution in [0.4, 0.5) is 0 Å². The fourth-order valence-electron chi connectivity index (χ4n) is 0.711. The lowest BCUT2D eigenvalue weighted by atomic mass is 10.2. The highest BCUT2D eigenvalue weighted by atomic mass is 35.5. The van der Waals surface area contributed by atoms with Gasteiger partial charge in [-0.1, -0.05) is 20.8 Å². The molecule has 14 heavy (non-hydrogen) atoms. The number of hydrogen-bond donors (Lipinski definition) is 0. The van der Waals surface area contributed by atoms with E-state index in [4.69, 9.17) is 16.0 Å². The van der Waals surface area contributed by atoms with E-state index in [-0.39, 0.29) is 5.04 Å². The van der Waals surface area contributed by atoms with Gasteiger partial charge in [-0.15, -0.1) is 11.6 Å². The fourth-order valence-corrected chi connectivity index (χ4v) is 1.86. The first kappa shape index (κ1) is 14.1. The Bertz CT molecular complexity index is 187. The van der Waals surface area contributed by atoms with Gasteiger partial charge in [0.1, 0.15) is 6.29 Å². The molecule has 4 heteroatoms. The lowest BCUT2D eigenvalue weighted by molar-refractivity contribution is -0.107. The van der Waals surface area contributed by atoms with E-state index >= 15 is 0 Å². The molecule has 0 radical (unpaired) electrons. The van der Waals surface area contributed by atoms with Gasteiger partial charge in [0.25, 0.3) is 0 Å². The number of rotatable bonds is 5. The molecule has 84 valence electrons. The molecule has 0 heterocycles. The van der Waals surface area contributed by atoms with Gasteiger partial charge >= 0.3 is 0 Å². The molecule has 0 aliphatic heterocycles. The van der Waals surface area contributed by atoms with Crippen molar-refractivity contribution in [2.75, 3.05) is 6.61 Å². The van der Waals surface area contributed by atoms with E-state index in [0.29, 0.717) is 13.0 Å². The van der Waals surface area contributed by atoms with E-state index in [9.17, 15) is 4.79 Å². The summed E-state index contributed by atoms with van der Waals surface area (Å²) in [7, 11) is -1.66. The Morgan fingerprint density at radius 1 is 1.43 bits per heavy atom. The number of halogens is 1. The third-order valence-corrected chi connectivity index (χ3v) is 7.67. The Kier molecular flexibility index (Phi) is 5.34. The van der Waals surface area contributed by atoms with Crippen molar-refractivity contribution in [3.8, 4) is 0 Å². The Morgan fingerprint density at radius 2 is 1.93 bits per heavy atom. The Balaban J connectivity index is 3.95. The van der Waals surface area contributed by atoms with Crippen molar-refractivity contribution in [3.63, 3.8) is 0 Å². The van der Waals surface area contributed by atoms with Crippen molar-refractivity contribution in [3.05, 3.63) is 0 Å². The van der Waals surface area contributed by atoms with Gasteiger partial charge in [-0.3, -0.25) is 0 Å². The SMILES string of the molecule is CC(C)(C)[Si](C)(C)OCCC(Cl)C=O. The molecule has 0 saturated carbocycles. The molecule has 0 spiro atoms. The molecule has 2 nitrogen and oxygen atoms in total. The van der Waals surface area contributed by atoms with Gasteiger partial charge in [0.15, 0.2) is 8.32 Å². The lowest BCUT2D eigenvalue weighted by Crippen LogP contribution is -2.41. The average molecular weight is 237 g/mol. The van der Waals surface area contributed by atoms with Crippen LogP contribution in [0.2, 0.25) is 18.1 Å². The molecular formula is C10H21ClO2Si. The van der Waals surface area contributed by atoms with E-state index < -0.39 is 13.7 Å². The van der Waals surface area contributed by atoms with Gasteiger partial charge in [-0.05, 0) is 24.6 Å². The summed E-state index contributed by atoms with van der Waals surface area (Å²) in [6.45, 7) is 11.5. The molecule has 1 atom stereocenters. The average Bonchev–Trinajstić information content (AvgIpc) is 2.01. The molecule has 0 aromatic rings. The van der Waals surface area contributed by atoms with E-state index in [1.54, 1.807) is 0 Å². The van der Waals surface area contributed by atoms with Gasteiger partial charge in [-0.25, -0.2) is 0 Å². The number of alkyl halides is 1. The molecule has 0 N–H and O–H groups in total. The van der Waals surface area contributed by atoms with Crippen LogP contribution in [0.1, 0.15) is 27.2 Å². The molecule has 0 fully saturated rings. The Morgan fingerprint density at radius 3 is 2.29 bits per heavy atom. The third-order valence-electron chi connectivity index (χ3n) is 2.81. The van der Waals surface area contributed by atoms with E-state index in [2.05, 4.69) is 33.9 Å². The van der Waals surface area contributed by atoms with Crippen LogP contribution in [-0.4, -0.2) is 26.6 Å². The highest BCUT2D eigenvalue weighted by molar-refractivity contribution is 6.74. The lowest BCUT2D eigenvalue weighted by Gasteiger charge is -2.36. The van der Waals surface area contributed by atoms with Crippen LogP contribution in [0.15, 0.2) is 0 Å². The van der Waals surface area contributed by atoms with Gasteiger partial charge in [-0.2, -0.15) is 0 Å². The van der Waals surface area contributed by atoms with Gasteiger partial charge in [0.05, 0.1) is 5.38 Å². The number of carbonyl (C=O) groups excluding carboxylic acids is 1. The summed E-state index contributed by atoms with van der Waals surface area (Å²) in [6.07, 6.45) is 1.37. The Labute approximate surface area is 93.1 Å². The van der Waals surface area contributed by atoms with Crippen molar-refractivity contribution in [2.45, 2.75) is 50.7 Å². The zero-order valence-corrected chi connectivity index (χ0v) is 11.5. The van der Waals surface area contributed by atoms with Gasteiger partial charge < -0.3 is 9.22 Å². The third kappa shape index (κ3) is 4.58. The zero-order chi connectivity index (χ0) is 11.4. The van der Waals surface area contributed by atoms with Crippen molar-refractivity contribution in [1.82, 2.24) is 0 Å². The highest BCUT2D eigenvalue weighted by Crippen LogP contribution is 2.36. The molecule has 1 unspecified atom stereocenters.